The summed E-state index contributed by atoms with van der Waals surface area (Å²) in [5.41, 5.74) is 0.563. The zero-order valence-electron chi connectivity index (χ0n) is 14.7. The van der Waals surface area contributed by atoms with Gasteiger partial charge in [0.05, 0.1) is 11.7 Å². The van der Waals surface area contributed by atoms with Crippen molar-refractivity contribution >= 4 is 17.7 Å². The van der Waals surface area contributed by atoms with E-state index in [-0.39, 0.29) is 18.1 Å². The molecule has 7 heteroatoms. The van der Waals surface area contributed by atoms with Crippen molar-refractivity contribution in [2.45, 2.75) is 43.0 Å². The Balaban J connectivity index is 1.42. The summed E-state index contributed by atoms with van der Waals surface area (Å²) < 4.78 is 0. The predicted octanol–water partition coefficient (Wildman–Crippen LogP) is 1.51. The number of thioether (sulfide) groups is 1. The fourth-order valence-corrected chi connectivity index (χ4v) is 5.07. The third-order valence-corrected chi connectivity index (χ3v) is 6.64. The summed E-state index contributed by atoms with van der Waals surface area (Å²) in [7, 11) is 0. The number of carbonyl (C=O) groups is 1. The maximum absolute atomic E-state index is 12.8. The van der Waals surface area contributed by atoms with Crippen LogP contribution in [0.5, 0.6) is 0 Å². The normalized spacial score (nSPS) is 32.8. The highest BCUT2D eigenvalue weighted by molar-refractivity contribution is 7.98. The van der Waals surface area contributed by atoms with Crippen LogP contribution in [-0.2, 0) is 0 Å². The van der Waals surface area contributed by atoms with Crippen molar-refractivity contribution in [3.8, 4) is 0 Å². The molecule has 1 aliphatic carbocycles. The minimum atomic E-state index is -0.251. The fourth-order valence-electron chi connectivity index (χ4n) is 4.75. The number of likely N-dealkylation sites (tertiary alicyclic amines) is 2. The molecule has 1 saturated carbocycles. The van der Waals surface area contributed by atoms with E-state index in [1.807, 2.05) is 11.2 Å². The average Bonchev–Trinajstić information content (AvgIpc) is 3.29. The number of nitrogens with zero attached hydrogens (tertiary/aromatic N) is 4. The van der Waals surface area contributed by atoms with Crippen LogP contribution >= 0.6 is 11.8 Å². The van der Waals surface area contributed by atoms with E-state index in [0.29, 0.717) is 22.6 Å². The Bertz CT molecular complexity index is 620. The van der Waals surface area contributed by atoms with Gasteiger partial charge >= 0.3 is 0 Å². The van der Waals surface area contributed by atoms with Crippen molar-refractivity contribution in [2.75, 3.05) is 32.4 Å². The summed E-state index contributed by atoms with van der Waals surface area (Å²) in [5, 5.41) is 11.3. The van der Waals surface area contributed by atoms with Gasteiger partial charge in [0.25, 0.3) is 5.91 Å². The van der Waals surface area contributed by atoms with Gasteiger partial charge in [-0.2, -0.15) is 0 Å². The van der Waals surface area contributed by atoms with Crippen molar-refractivity contribution in [3.05, 3.63) is 18.0 Å². The third-order valence-electron chi connectivity index (χ3n) is 6.06. The molecule has 0 unspecified atom stereocenters. The Morgan fingerprint density at radius 3 is 2.44 bits per heavy atom. The van der Waals surface area contributed by atoms with Crippen molar-refractivity contribution < 1.29 is 9.90 Å². The number of hydrogen-bond donors (Lipinski definition) is 1. The topological polar surface area (TPSA) is 69.6 Å². The highest BCUT2D eigenvalue weighted by atomic mass is 32.2. The largest absolute Gasteiger partial charge is 0.391 e. The van der Waals surface area contributed by atoms with E-state index in [0.717, 1.165) is 39.0 Å². The number of fused-ring (bicyclic) bond motifs is 1. The molecule has 4 rings (SSSR count). The molecule has 2 aliphatic heterocycles. The van der Waals surface area contributed by atoms with Gasteiger partial charge in [-0.25, -0.2) is 9.97 Å². The summed E-state index contributed by atoms with van der Waals surface area (Å²) in [6.07, 6.45) is 9.25. The van der Waals surface area contributed by atoms with Crippen LogP contribution < -0.4 is 0 Å². The first-order valence-electron chi connectivity index (χ1n) is 9.23. The molecule has 6 nitrogen and oxygen atoms in total. The molecular formula is C18H26N4O2S. The van der Waals surface area contributed by atoms with E-state index in [2.05, 4.69) is 14.9 Å². The van der Waals surface area contributed by atoms with E-state index >= 15 is 0 Å². The molecule has 3 fully saturated rings. The number of aliphatic hydroxyl groups excluding tert-OH is 1. The van der Waals surface area contributed by atoms with Crippen LogP contribution in [0.2, 0.25) is 0 Å². The monoisotopic (exact) mass is 362 g/mol. The quantitative estimate of drug-likeness (QED) is 0.649. The van der Waals surface area contributed by atoms with Crippen LogP contribution in [-0.4, -0.2) is 75.4 Å². The predicted molar refractivity (Wildman–Crippen MR) is 96.5 cm³/mol. The molecule has 1 N–H and O–H groups in total. The van der Waals surface area contributed by atoms with Gasteiger partial charge in [-0.15, -0.1) is 0 Å². The highest BCUT2D eigenvalue weighted by Crippen LogP contribution is 2.39. The Hall–Kier alpha value is -1.18. The van der Waals surface area contributed by atoms with E-state index in [9.17, 15) is 9.90 Å². The van der Waals surface area contributed by atoms with E-state index < -0.39 is 0 Å². The van der Waals surface area contributed by atoms with Gasteiger partial charge in [-0.3, -0.25) is 9.69 Å². The Morgan fingerprint density at radius 1 is 1.16 bits per heavy atom. The Morgan fingerprint density at radius 2 is 1.80 bits per heavy atom. The lowest BCUT2D eigenvalue weighted by Gasteiger charge is -2.40. The molecule has 0 aromatic carbocycles. The van der Waals surface area contributed by atoms with E-state index in [1.165, 1.54) is 24.6 Å². The molecule has 1 amide bonds. The van der Waals surface area contributed by atoms with Crippen LogP contribution in [0, 0.1) is 11.8 Å². The number of aliphatic hydroxyl groups is 1. The Kier molecular flexibility index (Phi) is 4.97. The molecule has 0 spiro atoms. The molecule has 136 valence electrons. The summed E-state index contributed by atoms with van der Waals surface area (Å²) in [6, 6.07) is 0.281. The summed E-state index contributed by atoms with van der Waals surface area (Å²) >= 11 is 1.47. The number of hydrogen-bond acceptors (Lipinski definition) is 6. The molecular weight excluding hydrogens is 336 g/mol. The van der Waals surface area contributed by atoms with Gasteiger partial charge in [0.2, 0.25) is 0 Å². The minimum Gasteiger partial charge on any atom is -0.391 e. The van der Waals surface area contributed by atoms with Gasteiger partial charge < -0.3 is 10.0 Å². The number of carbonyl (C=O) groups excluding carboxylic acids is 1. The third kappa shape index (κ3) is 3.41. The first kappa shape index (κ1) is 17.2. The molecule has 0 radical (unpaired) electrons. The van der Waals surface area contributed by atoms with E-state index in [4.69, 9.17) is 0 Å². The zero-order chi connectivity index (χ0) is 17.4. The number of aromatic nitrogens is 2. The first-order chi connectivity index (χ1) is 12.2. The smallest absolute Gasteiger partial charge is 0.257 e. The fraction of sp³-hybridized carbons (Fsp3) is 0.722. The maximum atomic E-state index is 12.8. The molecule has 1 aromatic rings. The number of amides is 1. The maximum Gasteiger partial charge on any atom is 0.257 e. The molecule has 2 saturated heterocycles. The van der Waals surface area contributed by atoms with Crippen LogP contribution in [0.4, 0.5) is 0 Å². The Labute approximate surface area is 153 Å². The van der Waals surface area contributed by atoms with Crippen molar-refractivity contribution in [2.24, 2.45) is 11.8 Å². The van der Waals surface area contributed by atoms with Gasteiger partial charge in [-0.05, 0) is 56.9 Å². The molecule has 1 aromatic heterocycles. The molecule has 25 heavy (non-hydrogen) atoms. The van der Waals surface area contributed by atoms with Gasteiger partial charge in [-0.1, -0.05) is 11.8 Å². The highest BCUT2D eigenvalue weighted by Gasteiger charge is 2.45. The summed E-state index contributed by atoms with van der Waals surface area (Å²) in [5.74, 6) is 0.947. The molecule has 4 atom stereocenters. The second-order valence-corrected chi connectivity index (χ2v) is 8.31. The SMILES string of the molecule is CSc1ncc(C(=O)N2C[C@H]3C[C@@H](N4CCCC4)[C@H](O)C[C@H]3C2)cn1. The molecule has 0 bridgehead atoms. The zero-order valence-corrected chi connectivity index (χ0v) is 15.5. The van der Waals surface area contributed by atoms with Crippen LogP contribution in [0.3, 0.4) is 0 Å². The molecule has 3 heterocycles. The van der Waals surface area contributed by atoms with Crippen LogP contribution in [0.15, 0.2) is 17.6 Å². The standard InChI is InChI=1S/C18H26N4O2S/c1-25-18-19-8-14(9-20-18)17(24)22-10-12-6-15(21-4-2-3-5-21)16(23)7-13(12)11-22/h8-9,12-13,15-16,23H,2-7,10-11H2,1H3/t12-,13+,15-,16-/m1/s1. The van der Waals surface area contributed by atoms with Gasteiger partial charge in [0, 0.05) is 31.5 Å². The lowest BCUT2D eigenvalue weighted by Crippen LogP contribution is -2.48. The van der Waals surface area contributed by atoms with Crippen molar-refractivity contribution in [1.82, 2.24) is 19.8 Å². The van der Waals surface area contributed by atoms with Gasteiger partial charge in [0.1, 0.15) is 0 Å². The van der Waals surface area contributed by atoms with Crippen molar-refractivity contribution in [3.63, 3.8) is 0 Å². The lowest BCUT2D eigenvalue weighted by atomic mass is 9.77. The van der Waals surface area contributed by atoms with Crippen LogP contribution in [0.1, 0.15) is 36.0 Å². The summed E-state index contributed by atoms with van der Waals surface area (Å²) in [6.45, 7) is 3.77. The lowest BCUT2D eigenvalue weighted by molar-refractivity contribution is -0.000864. The minimum absolute atomic E-state index is 0.0225. The average molecular weight is 362 g/mol. The second-order valence-electron chi connectivity index (χ2n) is 7.54. The van der Waals surface area contributed by atoms with E-state index in [1.54, 1.807) is 12.4 Å². The van der Waals surface area contributed by atoms with Crippen LogP contribution in [0.25, 0.3) is 0 Å². The van der Waals surface area contributed by atoms with Crippen molar-refractivity contribution in [1.29, 1.82) is 0 Å². The number of rotatable bonds is 3. The molecule has 3 aliphatic rings. The summed E-state index contributed by atoms with van der Waals surface area (Å²) in [4.78, 5) is 25.6. The van der Waals surface area contributed by atoms with Gasteiger partial charge in [0.15, 0.2) is 5.16 Å². The second kappa shape index (κ2) is 7.21. The first-order valence-corrected chi connectivity index (χ1v) is 10.5.